The second kappa shape index (κ2) is 7.28. The fourth-order valence-electron chi connectivity index (χ4n) is 2.94. The van der Waals surface area contributed by atoms with E-state index in [9.17, 15) is 9.59 Å². The Balaban J connectivity index is 1.74. The van der Waals surface area contributed by atoms with Crippen LogP contribution in [0.2, 0.25) is 0 Å². The molecule has 0 unspecified atom stereocenters. The smallest absolute Gasteiger partial charge is 0.361 e. The van der Waals surface area contributed by atoms with Gasteiger partial charge in [0.1, 0.15) is 11.3 Å². The number of carbonyl (C=O) groups excluding carboxylic acids is 1. The number of hydrogen-bond acceptors (Lipinski definition) is 5. The van der Waals surface area contributed by atoms with Crippen molar-refractivity contribution in [3.8, 4) is 0 Å². The molecular weight excluding hydrogens is 354 g/mol. The van der Waals surface area contributed by atoms with Crippen LogP contribution in [0.15, 0.2) is 88.1 Å². The van der Waals surface area contributed by atoms with Crippen LogP contribution < -0.4 is 22.0 Å². The lowest BCUT2D eigenvalue weighted by Crippen LogP contribution is -2.15. The minimum absolute atomic E-state index is 0.0445. The van der Waals surface area contributed by atoms with Gasteiger partial charge in [0.05, 0.1) is 16.9 Å². The Bertz CT molecular complexity index is 1220. The van der Waals surface area contributed by atoms with Crippen molar-refractivity contribution < 1.29 is 9.21 Å². The SMILES string of the molecule is Nc1c(Nc2ccccc2C(=O)Nc2ccccc2)c2ccccc2oc1=O. The predicted octanol–water partition coefficient (Wildman–Crippen LogP) is 4.37. The van der Waals surface area contributed by atoms with Crippen LogP contribution in [0.5, 0.6) is 0 Å². The molecule has 4 N–H and O–H groups in total. The third-order valence-corrected chi connectivity index (χ3v) is 4.31. The number of nitrogens with one attached hydrogen (secondary N) is 2. The molecule has 0 aliphatic carbocycles. The number of anilines is 4. The third-order valence-electron chi connectivity index (χ3n) is 4.31. The van der Waals surface area contributed by atoms with Crippen molar-refractivity contribution in [2.75, 3.05) is 16.4 Å². The lowest BCUT2D eigenvalue weighted by atomic mass is 10.1. The first-order valence-electron chi connectivity index (χ1n) is 8.67. The molecule has 0 aliphatic heterocycles. The number of carbonyl (C=O) groups is 1. The molecule has 4 rings (SSSR count). The van der Waals surface area contributed by atoms with Gasteiger partial charge in [-0.15, -0.1) is 0 Å². The van der Waals surface area contributed by atoms with Crippen LogP contribution in [0, 0.1) is 0 Å². The van der Waals surface area contributed by atoms with Crippen molar-refractivity contribution >= 4 is 39.6 Å². The van der Waals surface area contributed by atoms with Crippen LogP contribution in [0.3, 0.4) is 0 Å². The lowest BCUT2D eigenvalue weighted by Gasteiger charge is -2.15. The first kappa shape index (κ1) is 17.4. The van der Waals surface area contributed by atoms with E-state index in [1.54, 1.807) is 42.5 Å². The Kier molecular flexibility index (Phi) is 4.51. The molecule has 1 heterocycles. The zero-order valence-corrected chi connectivity index (χ0v) is 14.8. The van der Waals surface area contributed by atoms with Gasteiger partial charge >= 0.3 is 5.63 Å². The molecule has 1 amide bonds. The monoisotopic (exact) mass is 371 g/mol. The standard InChI is InChI=1S/C22H17N3O3/c23-19-20(16-11-5-7-13-18(16)28-22(19)27)25-17-12-6-4-10-15(17)21(26)24-14-8-2-1-3-9-14/h1-13,25H,23H2,(H,24,26). The fraction of sp³-hybridized carbons (Fsp3) is 0. The van der Waals surface area contributed by atoms with E-state index >= 15 is 0 Å². The molecule has 0 saturated heterocycles. The second-order valence-corrected chi connectivity index (χ2v) is 6.17. The van der Waals surface area contributed by atoms with E-state index in [4.69, 9.17) is 10.2 Å². The number of fused-ring (bicyclic) bond motifs is 1. The van der Waals surface area contributed by atoms with Crippen LogP contribution in [0.1, 0.15) is 10.4 Å². The van der Waals surface area contributed by atoms with Crippen LogP contribution in [-0.4, -0.2) is 5.91 Å². The van der Waals surface area contributed by atoms with Gasteiger partial charge in [-0.25, -0.2) is 4.79 Å². The van der Waals surface area contributed by atoms with Gasteiger partial charge in [-0.1, -0.05) is 42.5 Å². The minimum atomic E-state index is -0.632. The zero-order chi connectivity index (χ0) is 19.5. The number of nitrogens with two attached hydrogens (primary N) is 1. The number of para-hydroxylation sites is 3. The molecule has 6 heteroatoms. The predicted molar refractivity (Wildman–Crippen MR) is 111 cm³/mol. The van der Waals surface area contributed by atoms with Gasteiger partial charge < -0.3 is 20.8 Å². The van der Waals surface area contributed by atoms with Crippen molar-refractivity contribution in [1.82, 2.24) is 0 Å². The Labute approximate surface area is 160 Å². The molecule has 0 fully saturated rings. The molecule has 28 heavy (non-hydrogen) atoms. The molecule has 138 valence electrons. The summed E-state index contributed by atoms with van der Waals surface area (Å²) in [6.45, 7) is 0. The average Bonchev–Trinajstić information content (AvgIpc) is 2.72. The van der Waals surface area contributed by atoms with Crippen molar-refractivity contribution in [1.29, 1.82) is 0 Å². The van der Waals surface area contributed by atoms with Gasteiger partial charge in [0.25, 0.3) is 5.91 Å². The number of amides is 1. The zero-order valence-electron chi connectivity index (χ0n) is 14.8. The molecule has 0 radical (unpaired) electrons. The van der Waals surface area contributed by atoms with E-state index < -0.39 is 5.63 Å². The van der Waals surface area contributed by atoms with E-state index in [0.717, 1.165) is 0 Å². The maximum Gasteiger partial charge on any atom is 0.361 e. The van der Waals surface area contributed by atoms with E-state index in [1.165, 1.54) is 0 Å². The summed E-state index contributed by atoms with van der Waals surface area (Å²) in [7, 11) is 0. The normalized spacial score (nSPS) is 10.6. The highest BCUT2D eigenvalue weighted by atomic mass is 16.4. The summed E-state index contributed by atoms with van der Waals surface area (Å²) in [4.78, 5) is 24.9. The number of benzene rings is 3. The molecule has 0 aliphatic rings. The highest BCUT2D eigenvalue weighted by Crippen LogP contribution is 2.31. The van der Waals surface area contributed by atoms with E-state index in [0.29, 0.717) is 33.6 Å². The molecular formula is C22H17N3O3. The number of nitrogen functional groups attached to an aromatic ring is 1. The van der Waals surface area contributed by atoms with Gasteiger partial charge in [-0.2, -0.15) is 0 Å². The van der Waals surface area contributed by atoms with Gasteiger partial charge in [-0.05, 0) is 36.4 Å². The molecule has 0 bridgehead atoms. The van der Waals surface area contributed by atoms with Crippen LogP contribution in [0.4, 0.5) is 22.7 Å². The van der Waals surface area contributed by atoms with Gasteiger partial charge in [0.2, 0.25) is 0 Å². The number of rotatable bonds is 4. The lowest BCUT2D eigenvalue weighted by molar-refractivity contribution is 0.102. The largest absolute Gasteiger partial charge is 0.421 e. The Morgan fingerprint density at radius 2 is 1.54 bits per heavy atom. The topological polar surface area (TPSA) is 97.4 Å². The third kappa shape index (κ3) is 3.31. The summed E-state index contributed by atoms with van der Waals surface area (Å²) in [5.41, 5.74) is 7.76. The Morgan fingerprint density at radius 1 is 0.857 bits per heavy atom. The molecule has 0 spiro atoms. The van der Waals surface area contributed by atoms with Crippen molar-refractivity contribution in [2.24, 2.45) is 0 Å². The molecule has 0 saturated carbocycles. The fourth-order valence-corrected chi connectivity index (χ4v) is 2.94. The molecule has 1 aromatic heterocycles. The maximum atomic E-state index is 12.8. The summed E-state index contributed by atoms with van der Waals surface area (Å²) in [6.07, 6.45) is 0. The summed E-state index contributed by atoms with van der Waals surface area (Å²) in [5, 5.41) is 6.65. The highest BCUT2D eigenvalue weighted by molar-refractivity contribution is 6.09. The van der Waals surface area contributed by atoms with E-state index in [-0.39, 0.29) is 11.6 Å². The van der Waals surface area contributed by atoms with Crippen LogP contribution >= 0.6 is 0 Å². The van der Waals surface area contributed by atoms with Gasteiger partial charge in [0, 0.05) is 11.1 Å². The Hall–Kier alpha value is -4.06. The van der Waals surface area contributed by atoms with Gasteiger partial charge in [-0.3, -0.25) is 4.79 Å². The van der Waals surface area contributed by atoms with Crippen molar-refractivity contribution in [3.05, 3.63) is 94.8 Å². The molecule has 4 aromatic rings. The first-order valence-corrected chi connectivity index (χ1v) is 8.67. The Morgan fingerprint density at radius 3 is 2.36 bits per heavy atom. The number of hydrogen-bond donors (Lipinski definition) is 3. The maximum absolute atomic E-state index is 12.8. The molecule has 6 nitrogen and oxygen atoms in total. The second-order valence-electron chi connectivity index (χ2n) is 6.17. The summed E-state index contributed by atoms with van der Waals surface area (Å²) < 4.78 is 5.23. The summed E-state index contributed by atoms with van der Waals surface area (Å²) >= 11 is 0. The van der Waals surface area contributed by atoms with E-state index in [1.807, 2.05) is 36.4 Å². The summed E-state index contributed by atoms with van der Waals surface area (Å²) in [6, 6.07) is 23.3. The van der Waals surface area contributed by atoms with Crippen molar-refractivity contribution in [3.63, 3.8) is 0 Å². The first-order chi connectivity index (χ1) is 13.6. The van der Waals surface area contributed by atoms with Crippen LogP contribution in [-0.2, 0) is 0 Å². The quantitative estimate of drug-likeness (QED) is 0.463. The molecule has 0 atom stereocenters. The minimum Gasteiger partial charge on any atom is -0.421 e. The van der Waals surface area contributed by atoms with Crippen LogP contribution in [0.25, 0.3) is 11.0 Å². The molecule has 3 aromatic carbocycles. The van der Waals surface area contributed by atoms with Gasteiger partial charge in [0.15, 0.2) is 0 Å². The highest BCUT2D eigenvalue weighted by Gasteiger charge is 2.16. The summed E-state index contributed by atoms with van der Waals surface area (Å²) in [5.74, 6) is -0.278. The average molecular weight is 371 g/mol. The van der Waals surface area contributed by atoms with Crippen molar-refractivity contribution in [2.45, 2.75) is 0 Å². The van der Waals surface area contributed by atoms with E-state index in [2.05, 4.69) is 10.6 Å².